The molecule has 0 saturated carbocycles. The fourth-order valence-corrected chi connectivity index (χ4v) is 3.42. The molecule has 1 aromatic rings. The van der Waals surface area contributed by atoms with Gasteiger partial charge in [-0.1, -0.05) is 45.9 Å². The van der Waals surface area contributed by atoms with E-state index >= 15 is 0 Å². The van der Waals surface area contributed by atoms with Crippen molar-refractivity contribution in [1.29, 1.82) is 0 Å². The van der Waals surface area contributed by atoms with E-state index in [4.69, 9.17) is 4.74 Å². The zero-order valence-corrected chi connectivity index (χ0v) is 15.5. The van der Waals surface area contributed by atoms with Gasteiger partial charge in [-0.15, -0.1) is 0 Å². The van der Waals surface area contributed by atoms with Gasteiger partial charge in [-0.3, -0.25) is 9.69 Å². The molecule has 1 amide bonds. The number of carbonyl (C=O) groups excluding carboxylic acids is 1. The second-order valence-corrected chi connectivity index (χ2v) is 6.88. The average Bonchev–Trinajstić information content (AvgIpc) is 3.05. The predicted octanol–water partition coefficient (Wildman–Crippen LogP) is 3.57. The molecule has 1 aliphatic heterocycles. The van der Waals surface area contributed by atoms with E-state index in [0.717, 1.165) is 30.9 Å². The molecule has 24 heavy (non-hydrogen) atoms. The number of nitrogens with zero attached hydrogens (tertiary/aromatic N) is 1. The Morgan fingerprint density at radius 3 is 2.75 bits per heavy atom. The topological polar surface area (TPSA) is 41.6 Å². The van der Waals surface area contributed by atoms with Gasteiger partial charge in [0.1, 0.15) is 5.75 Å². The molecular formula is C20H32N2O2. The number of hydrogen-bond donors (Lipinski definition) is 1. The molecule has 1 aliphatic rings. The molecule has 0 spiro atoms. The van der Waals surface area contributed by atoms with Crippen molar-refractivity contribution in [3.8, 4) is 5.75 Å². The fourth-order valence-electron chi connectivity index (χ4n) is 3.42. The lowest BCUT2D eigenvalue weighted by Gasteiger charge is -2.25. The van der Waals surface area contributed by atoms with Gasteiger partial charge < -0.3 is 10.1 Å². The molecule has 0 radical (unpaired) electrons. The number of amides is 1. The number of nitrogens with one attached hydrogen (secondary N) is 1. The van der Waals surface area contributed by atoms with Crippen LogP contribution in [0.1, 0.15) is 58.4 Å². The molecule has 1 saturated heterocycles. The van der Waals surface area contributed by atoms with Gasteiger partial charge in [-0.2, -0.15) is 0 Å². The van der Waals surface area contributed by atoms with E-state index in [1.54, 1.807) is 0 Å². The predicted molar refractivity (Wildman–Crippen MR) is 98.5 cm³/mol. The number of carbonyl (C=O) groups is 1. The Balaban J connectivity index is 1.94. The Labute approximate surface area is 146 Å². The SMILES string of the molecule is CCC(Oc1ccccc1C(C)C)C(=O)NCC1CCCN1CC. The first kappa shape index (κ1) is 18.8. The zero-order valence-electron chi connectivity index (χ0n) is 15.5. The number of likely N-dealkylation sites (tertiary alicyclic amines) is 1. The molecule has 1 N–H and O–H groups in total. The maximum Gasteiger partial charge on any atom is 0.261 e. The largest absolute Gasteiger partial charge is 0.480 e. The summed E-state index contributed by atoms with van der Waals surface area (Å²) in [5.74, 6) is 1.20. The fraction of sp³-hybridized carbons (Fsp3) is 0.650. The molecule has 0 aromatic heterocycles. The number of likely N-dealkylation sites (N-methyl/N-ethyl adjacent to an activating group) is 1. The van der Waals surface area contributed by atoms with Crippen molar-refractivity contribution < 1.29 is 9.53 Å². The summed E-state index contributed by atoms with van der Waals surface area (Å²) in [5.41, 5.74) is 1.15. The third-order valence-corrected chi connectivity index (χ3v) is 4.89. The van der Waals surface area contributed by atoms with Gasteiger partial charge in [-0.25, -0.2) is 0 Å². The monoisotopic (exact) mass is 332 g/mol. The lowest BCUT2D eigenvalue weighted by atomic mass is 10.0. The number of benzene rings is 1. The van der Waals surface area contributed by atoms with E-state index < -0.39 is 6.10 Å². The molecule has 1 heterocycles. The first-order chi connectivity index (χ1) is 11.6. The Hall–Kier alpha value is -1.55. The van der Waals surface area contributed by atoms with E-state index in [2.05, 4.69) is 37.1 Å². The standard InChI is InChI=1S/C20H32N2O2/c1-5-18(24-19-12-8-7-11-17(19)15(3)4)20(23)21-14-16-10-9-13-22(16)6-2/h7-8,11-12,15-16,18H,5-6,9-10,13-14H2,1-4H3,(H,21,23). The van der Waals surface area contributed by atoms with Crippen LogP contribution in [0.4, 0.5) is 0 Å². The summed E-state index contributed by atoms with van der Waals surface area (Å²) < 4.78 is 6.06. The summed E-state index contributed by atoms with van der Waals surface area (Å²) >= 11 is 0. The van der Waals surface area contributed by atoms with E-state index in [1.165, 1.54) is 12.8 Å². The Morgan fingerprint density at radius 1 is 1.33 bits per heavy atom. The highest BCUT2D eigenvalue weighted by Gasteiger charge is 2.25. The molecule has 4 nitrogen and oxygen atoms in total. The van der Waals surface area contributed by atoms with Gasteiger partial charge in [0.15, 0.2) is 6.10 Å². The van der Waals surface area contributed by atoms with Gasteiger partial charge in [0.25, 0.3) is 5.91 Å². The third-order valence-electron chi connectivity index (χ3n) is 4.89. The third kappa shape index (κ3) is 4.73. The molecule has 0 aliphatic carbocycles. The number of para-hydroxylation sites is 1. The van der Waals surface area contributed by atoms with Crippen LogP contribution in [0.25, 0.3) is 0 Å². The lowest BCUT2D eigenvalue weighted by molar-refractivity contribution is -0.128. The first-order valence-corrected chi connectivity index (χ1v) is 9.34. The molecule has 2 atom stereocenters. The van der Waals surface area contributed by atoms with Crippen LogP contribution in [0.3, 0.4) is 0 Å². The van der Waals surface area contributed by atoms with Crippen LogP contribution in [0.5, 0.6) is 5.75 Å². The summed E-state index contributed by atoms with van der Waals surface area (Å²) in [6.45, 7) is 11.4. The van der Waals surface area contributed by atoms with Gasteiger partial charge in [-0.05, 0) is 49.9 Å². The summed E-state index contributed by atoms with van der Waals surface area (Å²) in [4.78, 5) is 15.0. The van der Waals surface area contributed by atoms with Crippen LogP contribution in [0.15, 0.2) is 24.3 Å². The van der Waals surface area contributed by atoms with E-state index in [-0.39, 0.29) is 5.91 Å². The minimum atomic E-state index is -0.429. The molecular weight excluding hydrogens is 300 g/mol. The minimum absolute atomic E-state index is 0.000915. The van der Waals surface area contributed by atoms with Crippen LogP contribution < -0.4 is 10.1 Å². The molecule has 2 rings (SSSR count). The van der Waals surface area contributed by atoms with Crippen molar-refractivity contribution in [2.24, 2.45) is 0 Å². The molecule has 134 valence electrons. The van der Waals surface area contributed by atoms with Crippen LogP contribution in [-0.4, -0.2) is 42.6 Å². The summed E-state index contributed by atoms with van der Waals surface area (Å²) in [7, 11) is 0. The highest BCUT2D eigenvalue weighted by Crippen LogP contribution is 2.27. The van der Waals surface area contributed by atoms with Crippen LogP contribution in [0, 0.1) is 0 Å². The summed E-state index contributed by atoms with van der Waals surface area (Å²) in [6.07, 6.45) is 2.63. The quantitative estimate of drug-likeness (QED) is 0.791. The van der Waals surface area contributed by atoms with E-state index in [0.29, 0.717) is 18.4 Å². The average molecular weight is 332 g/mol. The smallest absolute Gasteiger partial charge is 0.261 e. The second kappa shape index (κ2) is 9.07. The minimum Gasteiger partial charge on any atom is -0.480 e. The molecule has 1 fully saturated rings. The van der Waals surface area contributed by atoms with Crippen molar-refractivity contribution in [1.82, 2.24) is 10.2 Å². The second-order valence-electron chi connectivity index (χ2n) is 6.88. The normalized spacial score (nSPS) is 19.5. The van der Waals surface area contributed by atoms with Crippen LogP contribution in [-0.2, 0) is 4.79 Å². The number of rotatable bonds is 8. The van der Waals surface area contributed by atoms with Crippen molar-refractivity contribution in [2.75, 3.05) is 19.6 Å². The van der Waals surface area contributed by atoms with Crippen molar-refractivity contribution >= 4 is 5.91 Å². The summed E-state index contributed by atoms with van der Waals surface area (Å²) in [6, 6.07) is 8.48. The van der Waals surface area contributed by atoms with E-state index in [1.807, 2.05) is 25.1 Å². The Bertz CT molecular complexity index is 530. The van der Waals surface area contributed by atoms with Crippen molar-refractivity contribution in [2.45, 2.75) is 65.0 Å². The molecule has 1 aromatic carbocycles. The maximum absolute atomic E-state index is 12.6. The van der Waals surface area contributed by atoms with E-state index in [9.17, 15) is 4.79 Å². The van der Waals surface area contributed by atoms with Crippen LogP contribution in [0.2, 0.25) is 0 Å². The first-order valence-electron chi connectivity index (χ1n) is 9.34. The van der Waals surface area contributed by atoms with Gasteiger partial charge in [0.05, 0.1) is 0 Å². The lowest BCUT2D eigenvalue weighted by Crippen LogP contribution is -2.45. The number of ether oxygens (including phenoxy) is 1. The summed E-state index contributed by atoms with van der Waals surface area (Å²) in [5, 5.41) is 3.10. The number of hydrogen-bond acceptors (Lipinski definition) is 3. The zero-order chi connectivity index (χ0) is 17.5. The molecule has 0 bridgehead atoms. The maximum atomic E-state index is 12.6. The Kier molecular flexibility index (Phi) is 7.10. The van der Waals surface area contributed by atoms with Crippen molar-refractivity contribution in [3.05, 3.63) is 29.8 Å². The van der Waals surface area contributed by atoms with Crippen LogP contribution >= 0.6 is 0 Å². The van der Waals surface area contributed by atoms with Gasteiger partial charge in [0, 0.05) is 12.6 Å². The Morgan fingerprint density at radius 2 is 2.08 bits per heavy atom. The molecule has 2 unspecified atom stereocenters. The van der Waals surface area contributed by atoms with Gasteiger partial charge in [0.2, 0.25) is 0 Å². The highest BCUT2D eigenvalue weighted by atomic mass is 16.5. The molecule has 4 heteroatoms. The highest BCUT2D eigenvalue weighted by molar-refractivity contribution is 5.81. The van der Waals surface area contributed by atoms with Gasteiger partial charge >= 0.3 is 0 Å². The van der Waals surface area contributed by atoms with Crippen molar-refractivity contribution in [3.63, 3.8) is 0 Å².